The van der Waals surface area contributed by atoms with Gasteiger partial charge in [0, 0.05) is 11.5 Å². The number of nitrogens with zero attached hydrogens (tertiary/aromatic N) is 1. The van der Waals surface area contributed by atoms with Crippen LogP contribution in [0.5, 0.6) is 0 Å². The third kappa shape index (κ3) is 2.76. The minimum absolute atomic E-state index is 0.157. The summed E-state index contributed by atoms with van der Waals surface area (Å²) in [4.78, 5) is 12.9. The van der Waals surface area contributed by atoms with Crippen molar-refractivity contribution in [1.29, 1.82) is 0 Å². The highest BCUT2D eigenvalue weighted by Crippen LogP contribution is 2.61. The Hall–Kier alpha value is -1.64. The minimum Gasteiger partial charge on any atom is -0.371 e. The van der Waals surface area contributed by atoms with E-state index in [1.807, 2.05) is 4.57 Å². The van der Waals surface area contributed by atoms with Crippen LogP contribution < -0.4 is 10.3 Å². The molecule has 5 aliphatic carbocycles. The van der Waals surface area contributed by atoms with Crippen molar-refractivity contribution in [3.05, 3.63) is 40.5 Å². The molecule has 5 fully saturated rings. The Labute approximate surface area is 167 Å². The Kier molecular flexibility index (Phi) is 3.96. The second-order valence-electron chi connectivity index (χ2n) is 10.6. The summed E-state index contributed by atoms with van der Waals surface area (Å²) in [5, 5.41) is 1.11. The van der Waals surface area contributed by atoms with E-state index in [1.165, 1.54) is 76.2 Å². The quantitative estimate of drug-likeness (QED) is 0.694. The van der Waals surface area contributed by atoms with Gasteiger partial charge in [-0.2, -0.15) is 4.79 Å². The van der Waals surface area contributed by atoms with Crippen molar-refractivity contribution in [2.45, 2.75) is 82.6 Å². The second kappa shape index (κ2) is 6.43. The van der Waals surface area contributed by atoms with Crippen LogP contribution in [0.25, 0.3) is 11.0 Å². The molecule has 0 spiro atoms. The summed E-state index contributed by atoms with van der Waals surface area (Å²) >= 11 is 0. The van der Waals surface area contributed by atoms with Crippen LogP contribution in [0.1, 0.15) is 76.2 Å². The van der Waals surface area contributed by atoms with E-state index in [0.29, 0.717) is 5.92 Å². The lowest BCUT2D eigenvalue weighted by Gasteiger charge is -2.57. The molecule has 0 saturated heterocycles. The SMILES string of the molecule is O=c1oc2c(C34CC5CC(CC(C5)C3)C4)cccc2c[n+]1CC1CCCCC1. The highest BCUT2D eigenvalue weighted by atomic mass is 16.4. The molecule has 0 unspecified atom stereocenters. The maximum absolute atomic E-state index is 12.9. The van der Waals surface area contributed by atoms with Crippen LogP contribution in [0.15, 0.2) is 33.6 Å². The van der Waals surface area contributed by atoms with Crippen LogP contribution >= 0.6 is 0 Å². The summed E-state index contributed by atoms with van der Waals surface area (Å²) in [6.07, 6.45) is 16.8. The summed E-state index contributed by atoms with van der Waals surface area (Å²) < 4.78 is 7.91. The van der Waals surface area contributed by atoms with E-state index in [9.17, 15) is 4.79 Å². The van der Waals surface area contributed by atoms with Crippen molar-refractivity contribution in [3.63, 3.8) is 0 Å². The van der Waals surface area contributed by atoms with Crippen LogP contribution in [0.4, 0.5) is 0 Å². The van der Waals surface area contributed by atoms with Gasteiger partial charge >= 0.3 is 5.76 Å². The van der Waals surface area contributed by atoms with Gasteiger partial charge in [-0.15, -0.1) is 4.57 Å². The zero-order valence-electron chi connectivity index (χ0n) is 16.9. The molecule has 0 aliphatic heterocycles. The number of hydrogen-bond acceptors (Lipinski definition) is 2. The number of benzene rings is 1. The first kappa shape index (κ1) is 17.2. The zero-order chi connectivity index (χ0) is 18.7. The van der Waals surface area contributed by atoms with Crippen LogP contribution in [-0.2, 0) is 12.0 Å². The number of fused-ring (bicyclic) bond motifs is 1. The highest BCUT2D eigenvalue weighted by Gasteiger charge is 2.52. The first-order valence-electron chi connectivity index (χ1n) is 11.7. The molecule has 2 aromatic rings. The molecule has 0 amide bonds. The van der Waals surface area contributed by atoms with E-state index < -0.39 is 0 Å². The average molecular weight is 379 g/mol. The van der Waals surface area contributed by atoms with Gasteiger partial charge in [-0.1, -0.05) is 31.4 Å². The third-order valence-electron chi connectivity index (χ3n) is 8.55. The number of hydrogen-bond donors (Lipinski definition) is 0. The molecule has 5 saturated carbocycles. The molecule has 3 nitrogen and oxygen atoms in total. The maximum Gasteiger partial charge on any atom is 0.602 e. The molecule has 0 radical (unpaired) electrons. The molecular weight excluding hydrogens is 346 g/mol. The van der Waals surface area contributed by atoms with Gasteiger partial charge in [0.1, 0.15) is 0 Å². The van der Waals surface area contributed by atoms with E-state index in [0.717, 1.165) is 35.3 Å². The molecular formula is C25H32NO2+. The molecule has 5 aliphatic rings. The third-order valence-corrected chi connectivity index (χ3v) is 8.55. The fourth-order valence-corrected chi connectivity index (χ4v) is 7.77. The van der Waals surface area contributed by atoms with Gasteiger partial charge in [0.15, 0.2) is 18.3 Å². The summed E-state index contributed by atoms with van der Waals surface area (Å²) in [6.45, 7) is 0.819. The average Bonchev–Trinajstić information content (AvgIpc) is 2.68. The van der Waals surface area contributed by atoms with Crippen LogP contribution in [0.3, 0.4) is 0 Å². The standard InChI is InChI=1S/C25H32NO2/c27-24-26(15-17-5-2-1-3-6-17)16-21-7-4-8-22(23(21)28-24)25-12-18-9-19(13-25)11-20(10-18)14-25/h4,7-8,16-20H,1-3,5-6,9-15H2/q+1. The first-order valence-corrected chi connectivity index (χ1v) is 11.7. The summed E-state index contributed by atoms with van der Waals surface area (Å²) in [5.74, 6) is 3.16. The van der Waals surface area contributed by atoms with E-state index in [2.05, 4.69) is 24.4 Å². The van der Waals surface area contributed by atoms with Gasteiger partial charge < -0.3 is 4.42 Å². The van der Waals surface area contributed by atoms with E-state index in [4.69, 9.17) is 4.42 Å². The van der Waals surface area contributed by atoms with Crippen molar-refractivity contribution in [2.24, 2.45) is 23.7 Å². The van der Waals surface area contributed by atoms with Crippen molar-refractivity contribution < 1.29 is 8.98 Å². The molecule has 148 valence electrons. The van der Waals surface area contributed by atoms with E-state index in [-0.39, 0.29) is 11.2 Å². The van der Waals surface area contributed by atoms with Gasteiger partial charge in [0.2, 0.25) is 0 Å². The molecule has 0 N–H and O–H groups in total. The zero-order valence-corrected chi connectivity index (χ0v) is 16.9. The maximum atomic E-state index is 12.9. The van der Waals surface area contributed by atoms with Crippen molar-refractivity contribution >= 4 is 11.0 Å². The topological polar surface area (TPSA) is 34.1 Å². The fraction of sp³-hybridized carbons (Fsp3) is 0.680. The number of rotatable bonds is 3. The molecule has 4 bridgehead atoms. The van der Waals surface area contributed by atoms with Gasteiger partial charge in [0.25, 0.3) is 0 Å². The summed E-state index contributed by atoms with van der Waals surface area (Å²) in [5.41, 5.74) is 2.49. The number of aromatic nitrogens is 1. The normalized spacial score (nSPS) is 34.9. The Morgan fingerprint density at radius 1 is 0.964 bits per heavy atom. The van der Waals surface area contributed by atoms with Crippen LogP contribution in [0.2, 0.25) is 0 Å². The Bertz CT molecular complexity index is 917. The van der Waals surface area contributed by atoms with Gasteiger partial charge in [-0.05, 0) is 80.6 Å². The van der Waals surface area contributed by atoms with Crippen LogP contribution in [0, 0.1) is 23.7 Å². The second-order valence-corrected chi connectivity index (χ2v) is 10.6. The molecule has 3 heteroatoms. The Morgan fingerprint density at radius 2 is 1.64 bits per heavy atom. The molecule has 1 aromatic heterocycles. The van der Waals surface area contributed by atoms with Gasteiger partial charge in [-0.3, -0.25) is 0 Å². The van der Waals surface area contributed by atoms with Crippen LogP contribution in [-0.4, -0.2) is 0 Å². The lowest BCUT2D eigenvalue weighted by atomic mass is 9.48. The molecule has 1 heterocycles. The largest absolute Gasteiger partial charge is 0.602 e. The van der Waals surface area contributed by atoms with Crippen molar-refractivity contribution in [1.82, 2.24) is 0 Å². The summed E-state index contributed by atoms with van der Waals surface area (Å²) in [6, 6.07) is 6.60. The Balaban J connectivity index is 1.40. The van der Waals surface area contributed by atoms with E-state index in [1.54, 1.807) is 0 Å². The summed E-state index contributed by atoms with van der Waals surface area (Å²) in [7, 11) is 0. The van der Waals surface area contributed by atoms with E-state index >= 15 is 0 Å². The van der Waals surface area contributed by atoms with Gasteiger partial charge in [-0.25, -0.2) is 0 Å². The lowest BCUT2D eigenvalue weighted by Crippen LogP contribution is -2.52. The molecule has 0 atom stereocenters. The predicted molar refractivity (Wildman–Crippen MR) is 109 cm³/mol. The molecule has 28 heavy (non-hydrogen) atoms. The first-order chi connectivity index (χ1) is 13.7. The minimum atomic E-state index is -0.157. The molecule has 7 rings (SSSR count). The van der Waals surface area contributed by atoms with Crippen molar-refractivity contribution in [3.8, 4) is 0 Å². The molecule has 1 aromatic carbocycles. The van der Waals surface area contributed by atoms with Gasteiger partial charge in [0.05, 0.1) is 5.39 Å². The predicted octanol–water partition coefficient (Wildman–Crippen LogP) is 5.13. The van der Waals surface area contributed by atoms with Crippen molar-refractivity contribution in [2.75, 3.05) is 0 Å². The lowest BCUT2D eigenvalue weighted by molar-refractivity contribution is -0.726. The fourth-order valence-electron chi connectivity index (χ4n) is 7.77. The number of para-hydroxylation sites is 1. The highest BCUT2D eigenvalue weighted by molar-refractivity contribution is 5.79. The Morgan fingerprint density at radius 3 is 2.32 bits per heavy atom. The monoisotopic (exact) mass is 378 g/mol. The smallest absolute Gasteiger partial charge is 0.371 e.